The van der Waals surface area contributed by atoms with Crippen molar-refractivity contribution in [3.8, 4) is 0 Å². The first-order valence-electron chi connectivity index (χ1n) is 6.27. The molecule has 1 aromatic rings. The molecule has 0 spiro atoms. The predicted molar refractivity (Wildman–Crippen MR) is 70.8 cm³/mol. The monoisotopic (exact) mass is 255 g/mol. The second kappa shape index (κ2) is 6.50. The topological polar surface area (TPSA) is 30.5 Å². The Labute approximate surface area is 107 Å². The van der Waals surface area contributed by atoms with Gasteiger partial charge in [-0.25, -0.2) is 0 Å². The number of rotatable bonds is 5. The number of nitrogens with one attached hydrogen (secondary N) is 1. The van der Waals surface area contributed by atoms with Crippen LogP contribution in [0.1, 0.15) is 16.7 Å². The highest BCUT2D eigenvalue weighted by Crippen LogP contribution is 2.20. The molecule has 1 N–H and O–H groups in total. The first-order valence-corrected chi connectivity index (χ1v) is 7.09. The molecule has 0 aliphatic carbocycles. The lowest BCUT2D eigenvalue weighted by molar-refractivity contribution is -0.100. The fourth-order valence-corrected chi connectivity index (χ4v) is 3.11. The zero-order valence-corrected chi connectivity index (χ0v) is 11.4. The van der Waals surface area contributed by atoms with E-state index in [4.69, 9.17) is 9.47 Å². The van der Waals surface area contributed by atoms with Crippen molar-refractivity contribution < 1.29 is 9.47 Å². The summed E-state index contributed by atoms with van der Waals surface area (Å²) in [5.41, 5.74) is 0. The summed E-state index contributed by atoms with van der Waals surface area (Å²) in [7, 11) is 2.00. The number of thiophene rings is 1. The smallest absolute Gasteiger partial charge is 0.0965 e. The Kier molecular flexibility index (Phi) is 4.98. The minimum absolute atomic E-state index is 0.181. The molecule has 0 aromatic carbocycles. The Balaban J connectivity index is 1.93. The Bertz CT molecular complexity index is 334. The molecule has 1 saturated heterocycles. The summed E-state index contributed by atoms with van der Waals surface area (Å²) in [4.78, 5) is 2.88. The molecule has 3 nitrogen and oxygen atoms in total. The normalized spacial score (nSPS) is 22.6. The van der Waals surface area contributed by atoms with Gasteiger partial charge >= 0.3 is 0 Å². The van der Waals surface area contributed by atoms with Crippen molar-refractivity contribution in [1.82, 2.24) is 5.32 Å². The van der Waals surface area contributed by atoms with Gasteiger partial charge in [-0.05, 0) is 32.0 Å². The molecule has 0 amide bonds. The van der Waals surface area contributed by atoms with Gasteiger partial charge in [-0.15, -0.1) is 11.3 Å². The van der Waals surface area contributed by atoms with Crippen LogP contribution < -0.4 is 5.32 Å². The zero-order valence-electron chi connectivity index (χ0n) is 10.6. The summed E-state index contributed by atoms with van der Waals surface area (Å²) in [5, 5.41) is 3.35. The van der Waals surface area contributed by atoms with Gasteiger partial charge in [0.15, 0.2) is 0 Å². The van der Waals surface area contributed by atoms with Gasteiger partial charge in [-0.2, -0.15) is 0 Å². The molecule has 1 aromatic heterocycles. The largest absolute Gasteiger partial charge is 0.376 e. The average molecular weight is 255 g/mol. The molecule has 17 heavy (non-hydrogen) atoms. The van der Waals surface area contributed by atoms with E-state index in [0.717, 1.165) is 19.4 Å². The predicted octanol–water partition coefficient (Wildman–Crippen LogP) is 1.86. The first kappa shape index (κ1) is 13.0. The molecule has 1 aliphatic rings. The molecule has 0 bridgehead atoms. The van der Waals surface area contributed by atoms with Gasteiger partial charge in [0.25, 0.3) is 0 Å². The SMILES string of the molecule is CCc1ccc(CC(NC)C2COCCO2)s1. The average Bonchev–Trinajstić information content (AvgIpc) is 2.84. The maximum absolute atomic E-state index is 5.75. The molecular formula is C13H21NO2S. The number of likely N-dealkylation sites (N-methyl/N-ethyl adjacent to an activating group) is 1. The number of ether oxygens (including phenoxy) is 2. The van der Waals surface area contributed by atoms with E-state index in [-0.39, 0.29) is 6.10 Å². The van der Waals surface area contributed by atoms with Crippen LogP contribution in [-0.4, -0.2) is 39.0 Å². The lowest BCUT2D eigenvalue weighted by Crippen LogP contribution is -2.46. The Hall–Kier alpha value is -0.420. The third kappa shape index (κ3) is 3.52. The summed E-state index contributed by atoms with van der Waals surface area (Å²) < 4.78 is 11.2. The van der Waals surface area contributed by atoms with Crippen LogP contribution in [-0.2, 0) is 22.3 Å². The van der Waals surface area contributed by atoms with Crippen molar-refractivity contribution in [2.45, 2.75) is 31.9 Å². The summed E-state index contributed by atoms with van der Waals surface area (Å²) in [6, 6.07) is 4.81. The Morgan fingerprint density at radius 1 is 1.41 bits per heavy atom. The van der Waals surface area contributed by atoms with E-state index in [1.165, 1.54) is 9.75 Å². The van der Waals surface area contributed by atoms with E-state index in [1.54, 1.807) is 0 Å². The molecule has 96 valence electrons. The van der Waals surface area contributed by atoms with E-state index < -0.39 is 0 Å². The molecule has 2 rings (SSSR count). The summed E-state index contributed by atoms with van der Waals surface area (Å²) >= 11 is 1.90. The van der Waals surface area contributed by atoms with Gasteiger partial charge < -0.3 is 14.8 Å². The molecule has 0 saturated carbocycles. The van der Waals surface area contributed by atoms with Crippen LogP contribution in [0.15, 0.2) is 12.1 Å². The fourth-order valence-electron chi connectivity index (χ4n) is 2.10. The Morgan fingerprint density at radius 2 is 2.24 bits per heavy atom. The highest BCUT2D eigenvalue weighted by Gasteiger charge is 2.24. The summed E-state index contributed by atoms with van der Waals surface area (Å²) in [6.45, 7) is 4.35. The summed E-state index contributed by atoms with van der Waals surface area (Å²) in [5.74, 6) is 0. The van der Waals surface area contributed by atoms with Gasteiger partial charge in [0.2, 0.25) is 0 Å². The minimum Gasteiger partial charge on any atom is -0.376 e. The van der Waals surface area contributed by atoms with Crippen molar-refractivity contribution in [3.05, 3.63) is 21.9 Å². The lowest BCUT2D eigenvalue weighted by atomic mass is 10.1. The van der Waals surface area contributed by atoms with Gasteiger partial charge in [-0.3, -0.25) is 0 Å². The highest BCUT2D eigenvalue weighted by molar-refractivity contribution is 7.11. The van der Waals surface area contributed by atoms with Crippen molar-refractivity contribution in [2.75, 3.05) is 26.9 Å². The van der Waals surface area contributed by atoms with Crippen LogP contribution in [0.25, 0.3) is 0 Å². The van der Waals surface area contributed by atoms with Gasteiger partial charge in [0.1, 0.15) is 0 Å². The van der Waals surface area contributed by atoms with E-state index in [1.807, 2.05) is 18.4 Å². The lowest BCUT2D eigenvalue weighted by Gasteiger charge is -2.30. The van der Waals surface area contributed by atoms with Crippen LogP contribution in [0.3, 0.4) is 0 Å². The van der Waals surface area contributed by atoms with Crippen molar-refractivity contribution >= 4 is 11.3 Å². The summed E-state index contributed by atoms with van der Waals surface area (Å²) in [6.07, 6.45) is 2.33. The van der Waals surface area contributed by atoms with Crippen molar-refractivity contribution in [2.24, 2.45) is 0 Å². The second-order valence-electron chi connectivity index (χ2n) is 4.31. The van der Waals surface area contributed by atoms with Crippen LogP contribution in [0.5, 0.6) is 0 Å². The van der Waals surface area contributed by atoms with Crippen molar-refractivity contribution in [3.63, 3.8) is 0 Å². The van der Waals surface area contributed by atoms with Gasteiger partial charge in [-0.1, -0.05) is 6.92 Å². The molecule has 1 aliphatic heterocycles. The van der Waals surface area contributed by atoms with Crippen molar-refractivity contribution in [1.29, 1.82) is 0 Å². The third-order valence-electron chi connectivity index (χ3n) is 3.15. The van der Waals surface area contributed by atoms with Crippen LogP contribution in [0.2, 0.25) is 0 Å². The number of hydrogen-bond acceptors (Lipinski definition) is 4. The quantitative estimate of drug-likeness (QED) is 0.871. The molecule has 0 radical (unpaired) electrons. The zero-order chi connectivity index (χ0) is 12.1. The van der Waals surface area contributed by atoms with E-state index >= 15 is 0 Å². The molecule has 2 unspecified atom stereocenters. The Morgan fingerprint density at radius 3 is 2.82 bits per heavy atom. The standard InChI is InChI=1S/C13H21NO2S/c1-3-10-4-5-11(17-10)8-12(14-2)13-9-15-6-7-16-13/h4-5,12-14H,3,6-9H2,1-2H3. The first-order chi connectivity index (χ1) is 8.33. The van der Waals surface area contributed by atoms with Crippen LogP contribution in [0.4, 0.5) is 0 Å². The van der Waals surface area contributed by atoms with E-state index in [9.17, 15) is 0 Å². The minimum atomic E-state index is 0.181. The molecule has 1 fully saturated rings. The molecular weight excluding hydrogens is 234 g/mol. The molecule has 2 atom stereocenters. The highest BCUT2D eigenvalue weighted by atomic mass is 32.1. The maximum atomic E-state index is 5.75. The van der Waals surface area contributed by atoms with Crippen LogP contribution in [0, 0.1) is 0 Å². The molecule has 4 heteroatoms. The van der Waals surface area contributed by atoms with Gasteiger partial charge in [0, 0.05) is 15.8 Å². The fraction of sp³-hybridized carbons (Fsp3) is 0.692. The number of hydrogen-bond donors (Lipinski definition) is 1. The molecule has 2 heterocycles. The second-order valence-corrected chi connectivity index (χ2v) is 5.56. The maximum Gasteiger partial charge on any atom is 0.0965 e. The van der Waals surface area contributed by atoms with Crippen LogP contribution >= 0.6 is 11.3 Å². The number of aryl methyl sites for hydroxylation is 1. The van der Waals surface area contributed by atoms with E-state index in [0.29, 0.717) is 19.3 Å². The van der Waals surface area contributed by atoms with Gasteiger partial charge in [0.05, 0.1) is 25.9 Å². The third-order valence-corrected chi connectivity index (χ3v) is 4.40. The van der Waals surface area contributed by atoms with E-state index in [2.05, 4.69) is 24.4 Å².